The van der Waals surface area contributed by atoms with Gasteiger partial charge < -0.3 is 20.9 Å². The average molecular weight is 1430 g/mol. The van der Waals surface area contributed by atoms with Crippen LogP contribution in [0.15, 0.2) is 68.4 Å². The summed E-state index contributed by atoms with van der Waals surface area (Å²) in [5, 5.41) is 16.6. The number of rotatable bonds is 12. The van der Waals surface area contributed by atoms with Crippen LogP contribution < -0.4 is 11.1 Å². The minimum absolute atomic E-state index is 0. The van der Waals surface area contributed by atoms with E-state index in [1.165, 1.54) is 135 Å². The Balaban J connectivity index is -0.0000000487. The molecule has 18 radical (unpaired) electrons. The van der Waals surface area contributed by atoms with Gasteiger partial charge in [0.05, 0.1) is 6.10 Å². The van der Waals surface area contributed by atoms with Gasteiger partial charge in [-0.1, -0.05) is 304 Å². The molecule has 0 aromatic rings. The minimum atomic E-state index is -0.428. The van der Waals surface area contributed by atoms with Crippen LogP contribution in [0.1, 0.15) is 418 Å². The Bertz CT molecular complexity index is 1530. The second-order valence-corrected chi connectivity index (χ2v) is 22.7. The van der Waals surface area contributed by atoms with Crippen molar-refractivity contribution in [3.63, 3.8) is 0 Å². The Morgan fingerprint density at radius 3 is 1.16 bits per heavy atom. The van der Waals surface area contributed by atoms with Gasteiger partial charge in [0.15, 0.2) is 0 Å². The third kappa shape index (κ3) is 103. The zero-order valence-electron chi connectivity index (χ0n) is 74.0. The van der Waals surface area contributed by atoms with Gasteiger partial charge in [0, 0.05) is 98.7 Å². The second-order valence-electron chi connectivity index (χ2n) is 22.7. The first-order valence-corrected chi connectivity index (χ1v) is 41.3. The lowest BCUT2D eigenvalue weighted by Gasteiger charge is -2.27. The summed E-state index contributed by atoms with van der Waals surface area (Å²) in [7, 11) is 0. The van der Waals surface area contributed by atoms with Crippen LogP contribution in [0.25, 0.3) is 10.4 Å². The van der Waals surface area contributed by atoms with E-state index >= 15 is 0 Å². The number of nitrogens with one attached hydrogen (secondary N) is 1. The smallest absolute Gasteiger partial charge is 0.407 e. The van der Waals surface area contributed by atoms with Gasteiger partial charge in [0.2, 0.25) is 0 Å². The lowest BCUT2D eigenvalue weighted by Crippen LogP contribution is -2.42. The molecule has 6 aliphatic carbocycles. The van der Waals surface area contributed by atoms with E-state index in [4.69, 9.17) is 16.0 Å². The van der Waals surface area contributed by atoms with Crippen LogP contribution in [0.5, 0.6) is 0 Å². The van der Waals surface area contributed by atoms with Crippen molar-refractivity contribution in [3.05, 3.63) is 73.7 Å². The zero-order valence-corrected chi connectivity index (χ0v) is 74.0. The van der Waals surface area contributed by atoms with Crippen molar-refractivity contribution in [1.29, 1.82) is 0 Å². The third-order valence-corrected chi connectivity index (χ3v) is 15.4. The highest BCUT2D eigenvalue weighted by Crippen LogP contribution is 2.30. The van der Waals surface area contributed by atoms with Crippen molar-refractivity contribution in [2.75, 3.05) is 0 Å². The number of hydrogen-bond donors (Lipinski definition) is 3. The molecule has 0 aromatic carbocycles. The highest BCUT2D eigenvalue weighted by molar-refractivity contribution is 5.81. The van der Waals surface area contributed by atoms with Gasteiger partial charge in [0.25, 0.3) is 0 Å². The predicted octanol–water partition coefficient (Wildman–Crippen LogP) is 27.5. The van der Waals surface area contributed by atoms with Gasteiger partial charge >= 0.3 is 6.09 Å². The Morgan fingerprint density at radius 2 is 0.745 bits per heavy atom. The standard InChI is InChI=1S/C15H27NO2.C10H17N3.C10H19N.C10H18O.C10H16O.C7H12O.12C2H6.6B/c1-5-9-12-10-7-6-8-11-13(12)16-14(17)18-15(2,3)4;1-2-6-9-7-4-3-5-8-10(9)12-13-11;3*1-2-6-9-7-4-3-5-8-10(9)11;8-7-5-3-1-2-4-6-7;12*1-2;;;;;;/h5,12-13H,1,6-11H2,2-4H3,(H,16,17);2,9-10H,1,3-8H2;2,9-10H,1,3-8,11H2;2,9-11H,1,3-8H2;2,9H,1,3-8H2;1-6H2;12*1-2H3;;;;;;/t12-,13-;9-,10+;9-,10-;9-,10+;;;;;;;;;;;;;;;;;;;;/m1111..................../s1. The molecule has 9 atom stereocenters. The molecule has 6 fully saturated rings. The molecule has 6 aliphatic rings. The summed E-state index contributed by atoms with van der Waals surface area (Å²) in [4.78, 5) is 36.8. The van der Waals surface area contributed by atoms with E-state index in [0.29, 0.717) is 41.3 Å². The Kier molecular flexibility index (Phi) is 185. The molecule has 0 bridgehead atoms. The minimum Gasteiger partial charge on any atom is -0.444 e. The molecule has 0 saturated heterocycles. The SMILES string of the molecule is C=CCC1CCCCCC1=O.C=CC[C@@H]1CCCCC[C@@H]1N=[N+]=[N-].C=CC[C@@H]1CCCCC[C@@H]1O.C=CC[C@@H]1CCCCC[C@H]1N.C=CC[C@@H]1CCCCC[C@H]1NC(=O)OC(C)(C)C.CC.CC.CC.CC.CC.CC.CC.CC.CC.CC.CC.CC.O=C1CCCCCC1.[B].[B].[B].[B].[B].[B]. The van der Waals surface area contributed by atoms with Crippen molar-refractivity contribution in [3.8, 4) is 0 Å². The maximum atomic E-state index is 11.8. The molecule has 6 saturated carbocycles. The first-order chi connectivity index (χ1) is 46.7. The molecule has 1 amide bonds. The number of carbonyl (C=O) groups excluding carboxylic acids is 3. The van der Waals surface area contributed by atoms with Gasteiger partial charge in [0.1, 0.15) is 17.2 Å². The number of Topliss-reactive ketones (excluding diaryl/α,β-unsaturated/α-hetero) is 2. The number of hydrogen-bond acceptors (Lipinski definition) is 7. The predicted molar refractivity (Wildman–Crippen MR) is 475 cm³/mol. The molecule has 16 heteroatoms. The molecule has 0 aromatic heterocycles. The van der Waals surface area contributed by atoms with E-state index in [1.54, 1.807) is 0 Å². The van der Waals surface area contributed by atoms with Crippen molar-refractivity contribution in [2.24, 2.45) is 40.4 Å². The largest absolute Gasteiger partial charge is 0.444 e. The number of allylic oxidation sites excluding steroid dienone is 5. The van der Waals surface area contributed by atoms with Gasteiger partial charge in [-0.05, 0) is 159 Å². The van der Waals surface area contributed by atoms with Crippen molar-refractivity contribution >= 4 is 68.1 Å². The Morgan fingerprint density at radius 1 is 0.441 bits per heavy atom. The fourth-order valence-corrected chi connectivity index (χ4v) is 11.2. The fourth-order valence-electron chi connectivity index (χ4n) is 11.2. The summed E-state index contributed by atoms with van der Waals surface area (Å²) in [5.41, 5.74) is 14.0. The number of carbonyl (C=O) groups is 3. The van der Waals surface area contributed by atoms with Gasteiger partial charge in [-0.2, -0.15) is 0 Å². The summed E-state index contributed by atoms with van der Waals surface area (Å²) < 4.78 is 5.33. The highest BCUT2D eigenvalue weighted by Gasteiger charge is 2.27. The number of azide groups is 1. The number of aliphatic hydroxyl groups excluding tert-OH is 1. The van der Waals surface area contributed by atoms with Crippen LogP contribution in [0.3, 0.4) is 0 Å². The topological polar surface area (TPSA) is 167 Å². The van der Waals surface area contributed by atoms with Crippen LogP contribution in [0.2, 0.25) is 0 Å². The molecule has 6 rings (SSSR count). The van der Waals surface area contributed by atoms with E-state index < -0.39 is 5.60 Å². The summed E-state index contributed by atoms with van der Waals surface area (Å²) in [5.74, 6) is 3.50. The normalized spacial score (nSPS) is 20.5. The number of amides is 1. The van der Waals surface area contributed by atoms with Crippen LogP contribution in [-0.4, -0.2) is 103 Å². The molecule has 10 nitrogen and oxygen atoms in total. The lowest BCUT2D eigenvalue weighted by atomic mass is 9.92. The van der Waals surface area contributed by atoms with Crippen LogP contribution >= 0.6 is 0 Å². The Labute approximate surface area is 656 Å². The van der Waals surface area contributed by atoms with E-state index in [9.17, 15) is 19.5 Å². The van der Waals surface area contributed by atoms with Crippen LogP contribution in [0, 0.1) is 29.6 Å². The van der Waals surface area contributed by atoms with E-state index in [-0.39, 0.29) is 74.8 Å². The van der Waals surface area contributed by atoms with Gasteiger partial charge in [-0.15, -0.1) is 32.9 Å². The quantitative estimate of drug-likeness (QED) is 0.0439. The van der Waals surface area contributed by atoms with Crippen molar-refractivity contribution in [2.45, 2.75) is 448 Å². The molecule has 1 unspecified atom stereocenters. The molecule has 0 aliphatic heterocycles. The van der Waals surface area contributed by atoms with Crippen LogP contribution in [-0.2, 0) is 14.3 Å². The molecular formula is C86H181B6N5O5. The summed E-state index contributed by atoms with van der Waals surface area (Å²) in [6.07, 6.45) is 50.8. The molecule has 4 N–H and O–H groups in total. The molecule has 598 valence electrons. The molecule has 0 spiro atoms. The number of alkyl carbamates (subject to hydrolysis) is 1. The number of aliphatic hydroxyl groups is 1. The second kappa shape index (κ2) is 131. The zero-order chi connectivity index (χ0) is 77.2. The number of ketones is 2. The van der Waals surface area contributed by atoms with Crippen molar-refractivity contribution in [1.82, 2.24) is 5.32 Å². The summed E-state index contributed by atoms with van der Waals surface area (Å²) >= 11 is 0. The third-order valence-electron chi connectivity index (χ3n) is 15.4. The van der Waals surface area contributed by atoms with E-state index in [2.05, 4.69) is 48.2 Å². The number of ether oxygens (including phenoxy) is 1. The number of nitrogens with two attached hydrogens (primary N) is 1. The number of nitrogens with zero attached hydrogens (tertiary/aromatic N) is 3. The monoisotopic (exact) mass is 1430 g/mol. The summed E-state index contributed by atoms with van der Waals surface area (Å²) in [6, 6.07) is 0.890. The first-order valence-electron chi connectivity index (χ1n) is 41.3. The summed E-state index contributed by atoms with van der Waals surface area (Å²) in [6.45, 7) is 72.4. The van der Waals surface area contributed by atoms with Crippen molar-refractivity contribution < 1.29 is 24.2 Å². The fraction of sp³-hybridized carbons (Fsp3) is 0.849. The molecule has 0 heterocycles. The Hall–Kier alpha value is -3.07. The first kappa shape index (κ1) is 145. The van der Waals surface area contributed by atoms with E-state index in [0.717, 1.165) is 102 Å². The average Bonchev–Trinajstić information content (AvgIpc) is 1.52. The maximum Gasteiger partial charge on any atom is 0.407 e. The van der Waals surface area contributed by atoms with Crippen LogP contribution in [0.4, 0.5) is 4.79 Å². The maximum absolute atomic E-state index is 11.8. The molecule has 102 heavy (non-hydrogen) atoms. The van der Waals surface area contributed by atoms with E-state index in [1.807, 2.05) is 217 Å². The lowest BCUT2D eigenvalue weighted by molar-refractivity contribution is -0.122. The molecular weight excluding hydrogens is 1250 g/mol. The highest BCUT2D eigenvalue weighted by atomic mass is 16.6. The van der Waals surface area contributed by atoms with Gasteiger partial charge in [-0.25, -0.2) is 4.79 Å². The van der Waals surface area contributed by atoms with Gasteiger partial charge in [-0.3, -0.25) is 9.59 Å².